The topological polar surface area (TPSA) is 29.1 Å². The molecule has 0 saturated carbocycles. The monoisotopic (exact) mass is 229 g/mol. The first-order valence-electron chi connectivity index (χ1n) is 6.25. The molecular weight excluding hydrogens is 210 g/mol. The Bertz CT molecular complexity index is 460. The van der Waals surface area contributed by atoms with Crippen molar-refractivity contribution in [1.82, 2.24) is 5.32 Å². The quantitative estimate of drug-likeness (QED) is 0.807. The minimum Gasteiger partial charge on any atom is -0.313 e. The fourth-order valence-electron chi connectivity index (χ4n) is 2.50. The number of carbonyl (C=O) groups is 1. The van der Waals surface area contributed by atoms with Crippen LogP contribution < -0.4 is 5.32 Å². The van der Waals surface area contributed by atoms with E-state index in [-0.39, 0.29) is 0 Å². The zero-order valence-electron chi connectivity index (χ0n) is 10.5. The Morgan fingerprint density at radius 2 is 2.24 bits per heavy atom. The molecule has 0 saturated heterocycles. The summed E-state index contributed by atoms with van der Waals surface area (Å²) in [7, 11) is 0. The molecule has 1 heterocycles. The molecule has 2 nitrogen and oxygen atoms in total. The normalized spacial score (nSPS) is 15.5. The van der Waals surface area contributed by atoms with Crippen LogP contribution in [0.5, 0.6) is 0 Å². The highest BCUT2D eigenvalue weighted by molar-refractivity contribution is 5.81. The summed E-state index contributed by atoms with van der Waals surface area (Å²) in [4.78, 5) is 11.1. The third kappa shape index (κ3) is 2.47. The molecule has 0 atom stereocenters. The largest absolute Gasteiger partial charge is 0.313 e. The first kappa shape index (κ1) is 12.1. The third-order valence-electron chi connectivity index (χ3n) is 3.42. The number of rotatable bonds is 3. The molecule has 1 aromatic carbocycles. The Labute approximate surface area is 103 Å². The van der Waals surface area contributed by atoms with Crippen molar-refractivity contribution in [2.45, 2.75) is 26.7 Å². The molecule has 0 spiro atoms. The molecule has 2 heteroatoms. The predicted octanol–water partition coefficient (Wildman–Crippen LogP) is 2.75. The molecular formula is C15H19NO. The van der Waals surface area contributed by atoms with Crippen LogP contribution in [-0.4, -0.2) is 19.4 Å². The van der Waals surface area contributed by atoms with Gasteiger partial charge in [-0.1, -0.05) is 19.1 Å². The van der Waals surface area contributed by atoms with E-state index in [9.17, 15) is 4.79 Å². The first-order chi connectivity index (χ1) is 8.26. The van der Waals surface area contributed by atoms with Crippen molar-refractivity contribution in [2.75, 3.05) is 13.1 Å². The van der Waals surface area contributed by atoms with Gasteiger partial charge in [0.05, 0.1) is 0 Å². The van der Waals surface area contributed by atoms with Gasteiger partial charge >= 0.3 is 0 Å². The number of hydrogen-bond donors (Lipinski definition) is 1. The number of nitrogens with one attached hydrogen (secondary N) is 1. The second-order valence-electron chi connectivity index (χ2n) is 4.52. The van der Waals surface area contributed by atoms with Gasteiger partial charge in [0.15, 0.2) is 0 Å². The molecule has 2 rings (SSSR count). The molecule has 1 aliphatic rings. The summed E-state index contributed by atoms with van der Waals surface area (Å²) in [5.41, 5.74) is 5.83. The molecule has 17 heavy (non-hydrogen) atoms. The molecule has 1 N–H and O–H groups in total. The molecule has 1 aromatic rings. The summed E-state index contributed by atoms with van der Waals surface area (Å²) in [6, 6.07) is 4.25. The van der Waals surface area contributed by atoms with Crippen molar-refractivity contribution in [1.29, 1.82) is 0 Å². The van der Waals surface area contributed by atoms with Crippen LogP contribution in [-0.2, 0) is 6.42 Å². The fourth-order valence-corrected chi connectivity index (χ4v) is 2.50. The molecule has 90 valence electrons. The van der Waals surface area contributed by atoms with E-state index in [0.29, 0.717) is 0 Å². The smallest absolute Gasteiger partial charge is 0.150 e. The summed E-state index contributed by atoms with van der Waals surface area (Å²) in [6.45, 7) is 6.15. The van der Waals surface area contributed by atoms with Crippen molar-refractivity contribution in [3.63, 3.8) is 0 Å². The fraction of sp³-hybridized carbons (Fsp3) is 0.400. The van der Waals surface area contributed by atoms with Gasteiger partial charge in [-0.2, -0.15) is 0 Å². The average molecular weight is 229 g/mol. The van der Waals surface area contributed by atoms with Crippen molar-refractivity contribution in [3.05, 3.63) is 40.5 Å². The SMILES string of the molecule is CCc1c(C)cc(C2=CCNCC2)cc1C=O. The van der Waals surface area contributed by atoms with Crippen LogP contribution in [0.25, 0.3) is 5.57 Å². The Balaban J connectivity index is 2.45. The summed E-state index contributed by atoms with van der Waals surface area (Å²) in [5.74, 6) is 0. The minimum atomic E-state index is 0.849. The van der Waals surface area contributed by atoms with Gasteiger partial charge in [0, 0.05) is 12.1 Å². The highest BCUT2D eigenvalue weighted by Gasteiger charge is 2.10. The van der Waals surface area contributed by atoms with Gasteiger partial charge in [-0.15, -0.1) is 0 Å². The highest BCUT2D eigenvalue weighted by Crippen LogP contribution is 2.25. The van der Waals surface area contributed by atoms with Crippen LogP contribution >= 0.6 is 0 Å². The number of aldehydes is 1. The van der Waals surface area contributed by atoms with E-state index in [0.717, 1.165) is 37.8 Å². The van der Waals surface area contributed by atoms with Gasteiger partial charge in [0.1, 0.15) is 6.29 Å². The summed E-state index contributed by atoms with van der Waals surface area (Å²) < 4.78 is 0. The van der Waals surface area contributed by atoms with Gasteiger partial charge < -0.3 is 5.32 Å². The summed E-state index contributed by atoms with van der Waals surface area (Å²) in [6.07, 6.45) is 5.17. The molecule has 0 fully saturated rings. The summed E-state index contributed by atoms with van der Waals surface area (Å²) in [5, 5.41) is 3.30. The van der Waals surface area contributed by atoms with Gasteiger partial charge in [-0.3, -0.25) is 4.79 Å². The molecule has 0 aliphatic carbocycles. The van der Waals surface area contributed by atoms with Crippen molar-refractivity contribution in [2.24, 2.45) is 0 Å². The standard InChI is InChI=1S/C15H19NO/c1-3-15-11(2)8-13(9-14(15)10-17)12-4-6-16-7-5-12/h4,8-10,16H,3,5-7H2,1-2H3. The zero-order chi connectivity index (χ0) is 12.3. The number of aryl methyl sites for hydroxylation is 1. The lowest BCUT2D eigenvalue weighted by Crippen LogP contribution is -2.20. The van der Waals surface area contributed by atoms with Crippen LogP contribution in [0.1, 0.15) is 40.4 Å². The van der Waals surface area contributed by atoms with Crippen molar-refractivity contribution >= 4 is 11.9 Å². The maximum atomic E-state index is 11.1. The Morgan fingerprint density at radius 1 is 1.41 bits per heavy atom. The summed E-state index contributed by atoms with van der Waals surface area (Å²) >= 11 is 0. The Morgan fingerprint density at radius 3 is 2.82 bits per heavy atom. The van der Waals surface area contributed by atoms with E-state index in [1.54, 1.807) is 0 Å². The predicted molar refractivity (Wildman–Crippen MR) is 71.4 cm³/mol. The van der Waals surface area contributed by atoms with E-state index < -0.39 is 0 Å². The van der Waals surface area contributed by atoms with Crippen LogP contribution in [0, 0.1) is 6.92 Å². The lowest BCUT2D eigenvalue weighted by molar-refractivity contribution is 0.112. The van der Waals surface area contributed by atoms with Crippen LogP contribution in [0.4, 0.5) is 0 Å². The van der Waals surface area contributed by atoms with Crippen LogP contribution in [0.15, 0.2) is 18.2 Å². The van der Waals surface area contributed by atoms with Crippen molar-refractivity contribution in [3.8, 4) is 0 Å². The average Bonchev–Trinajstić information content (AvgIpc) is 2.38. The molecule has 0 amide bonds. The number of hydrogen-bond acceptors (Lipinski definition) is 2. The maximum absolute atomic E-state index is 11.1. The maximum Gasteiger partial charge on any atom is 0.150 e. The van der Waals surface area contributed by atoms with Gasteiger partial charge in [0.2, 0.25) is 0 Å². The minimum absolute atomic E-state index is 0.849. The zero-order valence-corrected chi connectivity index (χ0v) is 10.5. The highest BCUT2D eigenvalue weighted by atomic mass is 16.1. The molecule has 1 aliphatic heterocycles. The van der Waals surface area contributed by atoms with E-state index in [1.165, 1.54) is 22.3 Å². The van der Waals surface area contributed by atoms with Gasteiger partial charge in [-0.25, -0.2) is 0 Å². The lowest BCUT2D eigenvalue weighted by Gasteiger charge is -2.17. The molecule has 0 radical (unpaired) electrons. The number of carbonyl (C=O) groups excluding carboxylic acids is 1. The third-order valence-corrected chi connectivity index (χ3v) is 3.42. The van der Waals surface area contributed by atoms with Crippen LogP contribution in [0.3, 0.4) is 0 Å². The van der Waals surface area contributed by atoms with E-state index in [2.05, 4.69) is 31.3 Å². The van der Waals surface area contributed by atoms with Gasteiger partial charge in [-0.05, 0) is 54.6 Å². The van der Waals surface area contributed by atoms with Crippen LogP contribution in [0.2, 0.25) is 0 Å². The second kappa shape index (κ2) is 5.28. The Hall–Kier alpha value is -1.41. The van der Waals surface area contributed by atoms with E-state index in [4.69, 9.17) is 0 Å². The second-order valence-corrected chi connectivity index (χ2v) is 4.52. The molecule has 0 unspecified atom stereocenters. The van der Waals surface area contributed by atoms with E-state index in [1.807, 2.05) is 6.07 Å². The number of benzene rings is 1. The first-order valence-corrected chi connectivity index (χ1v) is 6.25. The molecule has 0 aromatic heterocycles. The van der Waals surface area contributed by atoms with E-state index >= 15 is 0 Å². The Kier molecular flexibility index (Phi) is 3.75. The van der Waals surface area contributed by atoms with Crippen molar-refractivity contribution < 1.29 is 4.79 Å². The lowest BCUT2D eigenvalue weighted by atomic mass is 9.92. The molecule has 0 bridgehead atoms. The van der Waals surface area contributed by atoms with Gasteiger partial charge in [0.25, 0.3) is 0 Å².